The smallest absolute Gasteiger partial charge is 0.157 e. The van der Waals surface area contributed by atoms with Crippen molar-refractivity contribution in [3.05, 3.63) is 23.8 Å². The maximum atomic E-state index is 10.9. The molecule has 2 N–H and O–H groups in total. The molecule has 0 unspecified atom stereocenters. The first-order chi connectivity index (χ1) is 7.83. The Morgan fingerprint density at radius 2 is 1.56 bits per heavy atom. The molecule has 0 heterocycles. The lowest BCUT2D eigenvalue weighted by Crippen LogP contribution is -2.07. The molecule has 0 aliphatic heterocycles. The molecule has 0 aromatic heterocycles. The van der Waals surface area contributed by atoms with E-state index in [-0.39, 0.29) is 32.0 Å². The van der Waals surface area contributed by atoms with Crippen molar-refractivity contribution >= 4 is 6.29 Å². The number of carbonyl (C=O) groups excluding carboxylic acids is 1. The number of carbonyl (C=O) groups is 1. The van der Waals surface area contributed by atoms with Gasteiger partial charge in [0.2, 0.25) is 0 Å². The van der Waals surface area contributed by atoms with Crippen molar-refractivity contribution in [3.8, 4) is 11.5 Å². The van der Waals surface area contributed by atoms with E-state index in [0.717, 1.165) is 0 Å². The van der Waals surface area contributed by atoms with Crippen LogP contribution in [0.5, 0.6) is 11.5 Å². The zero-order valence-electron chi connectivity index (χ0n) is 8.76. The second-order valence-corrected chi connectivity index (χ2v) is 2.93. The van der Waals surface area contributed by atoms with Gasteiger partial charge in [-0.3, -0.25) is 4.79 Å². The van der Waals surface area contributed by atoms with Crippen LogP contribution >= 0.6 is 0 Å². The lowest BCUT2D eigenvalue weighted by molar-refractivity contribution is 0.111. The first kappa shape index (κ1) is 12.5. The maximum Gasteiger partial charge on any atom is 0.157 e. The van der Waals surface area contributed by atoms with Crippen LogP contribution in [-0.2, 0) is 0 Å². The Morgan fingerprint density at radius 1 is 1.06 bits per heavy atom. The van der Waals surface area contributed by atoms with E-state index in [1.165, 1.54) is 0 Å². The van der Waals surface area contributed by atoms with Gasteiger partial charge in [-0.15, -0.1) is 0 Å². The molecule has 0 saturated heterocycles. The second kappa shape index (κ2) is 6.81. The Morgan fingerprint density at radius 3 is 1.94 bits per heavy atom. The molecular formula is C11H14O5. The van der Waals surface area contributed by atoms with Crippen molar-refractivity contribution in [1.82, 2.24) is 0 Å². The molecule has 0 atom stereocenters. The van der Waals surface area contributed by atoms with E-state index in [1.807, 2.05) is 0 Å². The second-order valence-electron chi connectivity index (χ2n) is 2.93. The van der Waals surface area contributed by atoms with E-state index in [9.17, 15) is 4.79 Å². The quantitative estimate of drug-likeness (QED) is 0.651. The van der Waals surface area contributed by atoms with E-state index in [0.29, 0.717) is 17.8 Å². The third kappa shape index (κ3) is 3.22. The number of benzene rings is 1. The SMILES string of the molecule is O=Cc1c(OCCO)cccc1OCCO. The highest BCUT2D eigenvalue weighted by Crippen LogP contribution is 2.26. The van der Waals surface area contributed by atoms with Crippen LogP contribution in [0.1, 0.15) is 10.4 Å². The summed E-state index contributed by atoms with van der Waals surface area (Å²) in [6.07, 6.45) is 0.624. The minimum atomic E-state index is -0.125. The number of aliphatic hydroxyl groups excluding tert-OH is 2. The van der Waals surface area contributed by atoms with Crippen molar-refractivity contribution in [2.75, 3.05) is 26.4 Å². The van der Waals surface area contributed by atoms with Crippen LogP contribution in [0, 0.1) is 0 Å². The van der Waals surface area contributed by atoms with Gasteiger partial charge in [0.25, 0.3) is 0 Å². The summed E-state index contributed by atoms with van der Waals surface area (Å²) in [6, 6.07) is 4.91. The number of ether oxygens (including phenoxy) is 2. The zero-order chi connectivity index (χ0) is 11.8. The first-order valence-electron chi connectivity index (χ1n) is 4.89. The monoisotopic (exact) mass is 226 g/mol. The van der Waals surface area contributed by atoms with Gasteiger partial charge < -0.3 is 19.7 Å². The molecule has 1 rings (SSSR count). The Balaban J connectivity index is 2.86. The van der Waals surface area contributed by atoms with Gasteiger partial charge >= 0.3 is 0 Å². The topological polar surface area (TPSA) is 76.0 Å². The number of hydrogen-bond donors (Lipinski definition) is 2. The molecule has 0 radical (unpaired) electrons. The molecule has 1 aromatic carbocycles. The van der Waals surface area contributed by atoms with Crippen molar-refractivity contribution in [1.29, 1.82) is 0 Å². The molecule has 0 aliphatic rings. The van der Waals surface area contributed by atoms with Crippen LogP contribution in [0.3, 0.4) is 0 Å². The van der Waals surface area contributed by atoms with Crippen molar-refractivity contribution in [2.24, 2.45) is 0 Å². The summed E-state index contributed by atoms with van der Waals surface area (Å²) in [5.74, 6) is 0.721. The van der Waals surface area contributed by atoms with Crippen LogP contribution in [0.2, 0.25) is 0 Å². The van der Waals surface area contributed by atoms with Gasteiger partial charge in [0.15, 0.2) is 6.29 Å². The van der Waals surface area contributed by atoms with Gasteiger partial charge in [-0.25, -0.2) is 0 Å². The number of aldehydes is 1. The summed E-state index contributed by atoms with van der Waals surface area (Å²) >= 11 is 0. The molecule has 0 bridgehead atoms. The van der Waals surface area contributed by atoms with Gasteiger partial charge in [-0.2, -0.15) is 0 Å². The van der Waals surface area contributed by atoms with E-state index in [1.54, 1.807) is 18.2 Å². The zero-order valence-corrected chi connectivity index (χ0v) is 8.76. The van der Waals surface area contributed by atoms with Gasteiger partial charge in [0, 0.05) is 0 Å². The highest BCUT2D eigenvalue weighted by Gasteiger charge is 2.09. The van der Waals surface area contributed by atoms with Crippen LogP contribution in [-0.4, -0.2) is 42.9 Å². The summed E-state index contributed by atoms with van der Waals surface area (Å²) in [5.41, 5.74) is 0.282. The molecule has 0 amide bonds. The van der Waals surface area contributed by atoms with Gasteiger partial charge in [-0.1, -0.05) is 6.07 Å². The fourth-order valence-electron chi connectivity index (χ4n) is 1.20. The Kier molecular flexibility index (Phi) is 5.31. The molecular weight excluding hydrogens is 212 g/mol. The molecule has 16 heavy (non-hydrogen) atoms. The van der Waals surface area contributed by atoms with Gasteiger partial charge in [0.05, 0.1) is 18.8 Å². The Labute approximate surface area is 93.2 Å². The molecule has 5 nitrogen and oxygen atoms in total. The molecule has 88 valence electrons. The Bertz CT molecular complexity index is 311. The van der Waals surface area contributed by atoms with Crippen LogP contribution in [0.4, 0.5) is 0 Å². The summed E-state index contributed by atoms with van der Waals surface area (Å²) in [7, 11) is 0. The van der Waals surface area contributed by atoms with E-state index < -0.39 is 0 Å². The highest BCUT2D eigenvalue weighted by molar-refractivity contribution is 5.83. The fourth-order valence-corrected chi connectivity index (χ4v) is 1.20. The van der Waals surface area contributed by atoms with Crippen LogP contribution < -0.4 is 9.47 Å². The summed E-state index contributed by atoms with van der Waals surface area (Å²) in [4.78, 5) is 10.9. The van der Waals surface area contributed by atoms with Crippen LogP contribution in [0.15, 0.2) is 18.2 Å². The minimum Gasteiger partial charge on any atom is -0.490 e. The predicted octanol–water partition coefficient (Wildman–Crippen LogP) is 0.241. The standard InChI is InChI=1S/C11H14O5/c12-4-6-15-10-2-1-3-11(9(10)8-14)16-7-5-13/h1-3,8,12-13H,4-7H2. The van der Waals surface area contributed by atoms with Crippen LogP contribution in [0.25, 0.3) is 0 Å². The molecule has 5 heteroatoms. The average Bonchev–Trinajstić information content (AvgIpc) is 2.33. The Hall–Kier alpha value is -1.59. The number of hydrogen-bond acceptors (Lipinski definition) is 5. The normalized spacial score (nSPS) is 9.88. The summed E-state index contributed by atoms with van der Waals surface area (Å²) < 4.78 is 10.3. The summed E-state index contributed by atoms with van der Waals surface area (Å²) in [5, 5.41) is 17.2. The lowest BCUT2D eigenvalue weighted by Gasteiger charge is -2.11. The van der Waals surface area contributed by atoms with E-state index in [2.05, 4.69) is 0 Å². The third-order valence-electron chi connectivity index (χ3n) is 1.84. The van der Waals surface area contributed by atoms with E-state index >= 15 is 0 Å². The van der Waals surface area contributed by atoms with E-state index in [4.69, 9.17) is 19.7 Å². The minimum absolute atomic E-state index is 0.115. The lowest BCUT2D eigenvalue weighted by atomic mass is 10.2. The molecule has 1 aromatic rings. The average molecular weight is 226 g/mol. The third-order valence-corrected chi connectivity index (χ3v) is 1.84. The maximum absolute atomic E-state index is 10.9. The molecule has 0 fully saturated rings. The molecule has 0 saturated carbocycles. The largest absolute Gasteiger partial charge is 0.490 e. The first-order valence-corrected chi connectivity index (χ1v) is 4.89. The molecule has 0 aliphatic carbocycles. The van der Waals surface area contributed by atoms with Gasteiger partial charge in [0.1, 0.15) is 24.7 Å². The highest BCUT2D eigenvalue weighted by atomic mass is 16.5. The summed E-state index contributed by atoms with van der Waals surface area (Å²) in [6.45, 7) is -0.0192. The van der Waals surface area contributed by atoms with Crippen molar-refractivity contribution in [3.63, 3.8) is 0 Å². The van der Waals surface area contributed by atoms with Crippen molar-refractivity contribution in [2.45, 2.75) is 0 Å². The predicted molar refractivity (Wildman–Crippen MR) is 57.0 cm³/mol. The fraction of sp³-hybridized carbons (Fsp3) is 0.364. The van der Waals surface area contributed by atoms with Gasteiger partial charge in [-0.05, 0) is 12.1 Å². The number of rotatable bonds is 7. The molecule has 0 spiro atoms. The van der Waals surface area contributed by atoms with Crippen molar-refractivity contribution < 1.29 is 24.5 Å². The number of aliphatic hydroxyl groups is 2.